The van der Waals surface area contributed by atoms with E-state index in [2.05, 4.69) is 27.7 Å². The van der Waals surface area contributed by atoms with Crippen molar-refractivity contribution in [2.75, 3.05) is 0 Å². The average molecular weight is 305 g/mol. The fourth-order valence-corrected chi connectivity index (χ4v) is 5.13. The Balaban J connectivity index is 1.76. The second-order valence-corrected chi connectivity index (χ2v) is 9.16. The van der Waals surface area contributed by atoms with Gasteiger partial charge >= 0.3 is 0 Å². The van der Waals surface area contributed by atoms with Crippen LogP contribution in [0.3, 0.4) is 0 Å². The maximum absolute atomic E-state index is 12.3. The van der Waals surface area contributed by atoms with E-state index in [1.54, 1.807) is 11.3 Å². The number of hydrogen-bond donors (Lipinski definition) is 0. The summed E-state index contributed by atoms with van der Waals surface area (Å²) in [6.07, 6.45) is 6.81. The van der Waals surface area contributed by atoms with Crippen molar-refractivity contribution in [1.82, 2.24) is 4.98 Å². The number of hydrogen-bond acceptors (Lipinski definition) is 3. The highest BCUT2D eigenvalue weighted by molar-refractivity contribution is 7.14. The van der Waals surface area contributed by atoms with E-state index in [1.807, 2.05) is 0 Å². The zero-order chi connectivity index (χ0) is 15.2. The van der Waals surface area contributed by atoms with Gasteiger partial charge in [-0.3, -0.25) is 4.79 Å². The van der Waals surface area contributed by atoms with E-state index in [0.29, 0.717) is 18.1 Å². The van der Waals surface area contributed by atoms with Crippen LogP contribution in [-0.2, 0) is 6.42 Å². The Kier molecular flexibility index (Phi) is 3.98. The number of thiazole rings is 1. The summed E-state index contributed by atoms with van der Waals surface area (Å²) < 4.78 is 0. The second kappa shape index (κ2) is 5.49. The van der Waals surface area contributed by atoms with E-state index in [9.17, 15) is 4.79 Å². The number of carbonyl (C=O) groups is 1. The molecular weight excluding hydrogens is 278 g/mol. The van der Waals surface area contributed by atoms with Crippen molar-refractivity contribution in [3.05, 3.63) is 15.6 Å². The first-order valence-corrected chi connectivity index (χ1v) is 9.20. The van der Waals surface area contributed by atoms with Crippen molar-refractivity contribution >= 4 is 17.1 Å². The molecule has 1 aromatic heterocycles. The van der Waals surface area contributed by atoms with E-state index in [-0.39, 0.29) is 5.41 Å². The van der Waals surface area contributed by atoms with Gasteiger partial charge < -0.3 is 0 Å². The summed E-state index contributed by atoms with van der Waals surface area (Å²) >= 11 is 1.70. The highest BCUT2D eigenvalue weighted by Crippen LogP contribution is 2.43. The van der Waals surface area contributed by atoms with E-state index < -0.39 is 0 Å². The molecule has 2 aliphatic carbocycles. The standard InChI is InChI=1S/C18H27NOS/c1-11(2)12-5-7-13(8-6-12)17-19-14-9-18(3,4)10-15(20)16(14)21-17/h11-13H,5-10H2,1-4H3. The molecule has 0 saturated heterocycles. The Morgan fingerprint density at radius 3 is 2.43 bits per heavy atom. The molecule has 0 atom stereocenters. The number of Topliss-reactive ketones (excluding diaryl/α,β-unsaturated/α-hetero) is 1. The fourth-order valence-electron chi connectivity index (χ4n) is 3.95. The van der Waals surface area contributed by atoms with Gasteiger partial charge in [0.15, 0.2) is 5.78 Å². The van der Waals surface area contributed by atoms with Gasteiger partial charge in [0.05, 0.1) is 15.6 Å². The molecule has 0 radical (unpaired) electrons. The van der Waals surface area contributed by atoms with Gasteiger partial charge in [0.25, 0.3) is 0 Å². The topological polar surface area (TPSA) is 30.0 Å². The molecule has 3 rings (SSSR count). The lowest BCUT2D eigenvalue weighted by Crippen LogP contribution is -2.26. The molecular formula is C18H27NOS. The van der Waals surface area contributed by atoms with Gasteiger partial charge in [-0.25, -0.2) is 4.98 Å². The van der Waals surface area contributed by atoms with Gasteiger partial charge in [-0.05, 0) is 49.4 Å². The molecule has 0 unspecified atom stereocenters. The van der Waals surface area contributed by atoms with E-state index in [1.165, 1.54) is 30.7 Å². The van der Waals surface area contributed by atoms with Crippen LogP contribution in [0.2, 0.25) is 0 Å². The summed E-state index contributed by atoms with van der Waals surface area (Å²) in [5.41, 5.74) is 1.17. The Morgan fingerprint density at radius 1 is 1.14 bits per heavy atom. The molecule has 0 spiro atoms. The predicted octanol–water partition coefficient (Wildman–Crippen LogP) is 5.23. The molecule has 2 nitrogen and oxygen atoms in total. The van der Waals surface area contributed by atoms with E-state index in [0.717, 1.165) is 28.8 Å². The third-order valence-corrected chi connectivity index (χ3v) is 6.62. The monoisotopic (exact) mass is 305 g/mol. The lowest BCUT2D eigenvalue weighted by molar-refractivity contribution is 0.0916. The maximum Gasteiger partial charge on any atom is 0.175 e. The number of aromatic nitrogens is 1. The minimum absolute atomic E-state index is 0.0880. The molecule has 0 aromatic carbocycles. The normalized spacial score (nSPS) is 28.7. The SMILES string of the molecule is CC(C)C1CCC(c2nc3c(s2)C(=O)CC(C)(C)C3)CC1. The number of fused-ring (bicyclic) bond motifs is 1. The van der Waals surface area contributed by atoms with Crippen LogP contribution in [0.5, 0.6) is 0 Å². The minimum atomic E-state index is 0.0880. The Morgan fingerprint density at radius 2 is 1.81 bits per heavy atom. The molecule has 3 heteroatoms. The summed E-state index contributed by atoms with van der Waals surface area (Å²) in [7, 11) is 0. The van der Waals surface area contributed by atoms with Crippen molar-refractivity contribution in [2.24, 2.45) is 17.3 Å². The van der Waals surface area contributed by atoms with Crippen LogP contribution >= 0.6 is 11.3 Å². The minimum Gasteiger partial charge on any atom is -0.293 e. The van der Waals surface area contributed by atoms with Crippen LogP contribution in [0.15, 0.2) is 0 Å². The Bertz CT molecular complexity index is 535. The second-order valence-electron chi connectivity index (χ2n) is 8.12. The molecule has 1 saturated carbocycles. The van der Waals surface area contributed by atoms with E-state index >= 15 is 0 Å². The molecule has 0 N–H and O–H groups in total. The lowest BCUT2D eigenvalue weighted by Gasteiger charge is -2.29. The third-order valence-electron chi connectivity index (χ3n) is 5.32. The van der Waals surface area contributed by atoms with Crippen LogP contribution in [0, 0.1) is 17.3 Å². The lowest BCUT2D eigenvalue weighted by atomic mass is 9.77. The largest absolute Gasteiger partial charge is 0.293 e. The smallest absolute Gasteiger partial charge is 0.175 e. The number of rotatable bonds is 2. The molecule has 2 aliphatic rings. The molecule has 116 valence electrons. The molecule has 21 heavy (non-hydrogen) atoms. The van der Waals surface area contributed by atoms with Gasteiger partial charge in [0.2, 0.25) is 0 Å². The van der Waals surface area contributed by atoms with Gasteiger partial charge in [0.1, 0.15) is 0 Å². The number of carbonyl (C=O) groups excluding carboxylic acids is 1. The summed E-state index contributed by atoms with van der Waals surface area (Å²) in [5.74, 6) is 2.61. The molecule has 1 aromatic rings. The molecule has 0 bridgehead atoms. The number of ketones is 1. The quantitative estimate of drug-likeness (QED) is 0.749. The maximum atomic E-state index is 12.3. The first kappa shape index (κ1) is 15.2. The summed E-state index contributed by atoms with van der Waals surface area (Å²) in [5, 5.41) is 1.24. The van der Waals surface area contributed by atoms with Crippen LogP contribution in [0.1, 0.15) is 86.1 Å². The summed E-state index contributed by atoms with van der Waals surface area (Å²) in [6, 6.07) is 0. The van der Waals surface area contributed by atoms with Crippen molar-refractivity contribution in [3.8, 4) is 0 Å². The van der Waals surface area contributed by atoms with Gasteiger partial charge in [0, 0.05) is 12.3 Å². The van der Waals surface area contributed by atoms with Crippen molar-refractivity contribution in [2.45, 2.75) is 72.1 Å². The highest BCUT2D eigenvalue weighted by atomic mass is 32.1. The first-order valence-electron chi connectivity index (χ1n) is 8.38. The van der Waals surface area contributed by atoms with Crippen molar-refractivity contribution < 1.29 is 4.79 Å². The molecule has 0 aliphatic heterocycles. The van der Waals surface area contributed by atoms with Gasteiger partial charge in [-0.2, -0.15) is 0 Å². The van der Waals surface area contributed by atoms with Gasteiger partial charge in [-0.15, -0.1) is 11.3 Å². The Hall–Kier alpha value is -0.700. The average Bonchev–Trinajstić information content (AvgIpc) is 2.81. The van der Waals surface area contributed by atoms with E-state index in [4.69, 9.17) is 4.98 Å². The fraction of sp³-hybridized carbons (Fsp3) is 0.778. The van der Waals surface area contributed by atoms with Gasteiger partial charge in [-0.1, -0.05) is 27.7 Å². The zero-order valence-corrected chi connectivity index (χ0v) is 14.6. The highest BCUT2D eigenvalue weighted by Gasteiger charge is 2.35. The summed E-state index contributed by atoms with van der Waals surface area (Å²) in [4.78, 5) is 18.2. The van der Waals surface area contributed by atoms with Crippen LogP contribution < -0.4 is 0 Å². The number of nitrogens with zero attached hydrogens (tertiary/aromatic N) is 1. The van der Waals surface area contributed by atoms with Crippen molar-refractivity contribution in [1.29, 1.82) is 0 Å². The molecule has 1 fully saturated rings. The van der Waals surface area contributed by atoms with Crippen LogP contribution in [0.25, 0.3) is 0 Å². The van der Waals surface area contributed by atoms with Crippen LogP contribution in [0.4, 0.5) is 0 Å². The summed E-state index contributed by atoms with van der Waals surface area (Å²) in [6.45, 7) is 9.04. The van der Waals surface area contributed by atoms with Crippen LogP contribution in [-0.4, -0.2) is 10.8 Å². The Labute approximate surface area is 132 Å². The molecule has 0 amide bonds. The van der Waals surface area contributed by atoms with Crippen molar-refractivity contribution in [3.63, 3.8) is 0 Å². The zero-order valence-electron chi connectivity index (χ0n) is 13.7. The first-order chi connectivity index (χ1) is 9.85. The third kappa shape index (κ3) is 3.08. The molecule has 1 heterocycles. The predicted molar refractivity (Wildman–Crippen MR) is 88.1 cm³/mol.